The predicted molar refractivity (Wildman–Crippen MR) is 127 cm³/mol. The van der Waals surface area contributed by atoms with Crippen LogP contribution in [-0.2, 0) is 0 Å². The van der Waals surface area contributed by atoms with E-state index >= 15 is 0 Å². The standard InChI is InChI=1S/C27H25N5O2/c1-2-34-25-12-11-23(17-30-25)26(21-7-3-19(15-28)4-8-21)32-14-13-24(18-32)31-27(33)22-9-5-20(16-29)6-10-22/h3-12,17,24,26H,2,13-14,18H2,1H3,(H,31,33)/t24-,26?/m1/s1. The highest BCUT2D eigenvalue weighted by Gasteiger charge is 2.31. The molecule has 1 saturated heterocycles. The van der Waals surface area contributed by atoms with E-state index in [1.165, 1.54) is 0 Å². The average Bonchev–Trinajstić information content (AvgIpc) is 3.33. The second-order valence-electron chi connectivity index (χ2n) is 8.14. The largest absolute Gasteiger partial charge is 0.478 e. The normalized spacial score (nSPS) is 16.3. The molecular weight excluding hydrogens is 426 g/mol. The molecule has 0 spiro atoms. The Hall–Kier alpha value is -4.20. The van der Waals surface area contributed by atoms with E-state index in [1.807, 2.05) is 49.5 Å². The number of benzene rings is 2. The smallest absolute Gasteiger partial charge is 0.251 e. The number of likely N-dealkylation sites (tertiary alicyclic amines) is 1. The van der Waals surface area contributed by atoms with E-state index in [-0.39, 0.29) is 18.0 Å². The summed E-state index contributed by atoms with van der Waals surface area (Å²) in [4.78, 5) is 19.5. The lowest BCUT2D eigenvalue weighted by Crippen LogP contribution is -2.38. The second kappa shape index (κ2) is 10.6. The number of pyridine rings is 1. The summed E-state index contributed by atoms with van der Waals surface area (Å²) in [7, 11) is 0. The van der Waals surface area contributed by atoms with E-state index < -0.39 is 0 Å². The number of nitriles is 2. The van der Waals surface area contributed by atoms with Crippen molar-refractivity contribution in [3.05, 3.63) is 94.7 Å². The zero-order chi connectivity index (χ0) is 23.9. The van der Waals surface area contributed by atoms with Crippen LogP contribution in [0.1, 0.15) is 52.0 Å². The van der Waals surface area contributed by atoms with Gasteiger partial charge in [0.1, 0.15) is 0 Å². The van der Waals surface area contributed by atoms with E-state index in [4.69, 9.17) is 10.00 Å². The number of ether oxygens (including phenoxy) is 1. The molecule has 0 saturated carbocycles. The fourth-order valence-electron chi connectivity index (χ4n) is 4.25. The first-order valence-corrected chi connectivity index (χ1v) is 11.2. The lowest BCUT2D eigenvalue weighted by molar-refractivity contribution is 0.0937. The van der Waals surface area contributed by atoms with Crippen LogP contribution in [0.25, 0.3) is 0 Å². The van der Waals surface area contributed by atoms with Gasteiger partial charge in [0.2, 0.25) is 5.88 Å². The first-order valence-electron chi connectivity index (χ1n) is 11.2. The van der Waals surface area contributed by atoms with E-state index in [0.717, 1.165) is 24.1 Å². The molecule has 7 heteroatoms. The van der Waals surface area contributed by atoms with Crippen molar-refractivity contribution in [1.82, 2.24) is 15.2 Å². The summed E-state index contributed by atoms with van der Waals surface area (Å²) in [5.74, 6) is 0.438. The van der Waals surface area contributed by atoms with Crippen molar-refractivity contribution in [1.29, 1.82) is 10.5 Å². The first-order chi connectivity index (χ1) is 16.6. The van der Waals surface area contributed by atoms with Crippen LogP contribution in [0.3, 0.4) is 0 Å². The Morgan fingerprint density at radius 2 is 1.71 bits per heavy atom. The van der Waals surface area contributed by atoms with Crippen molar-refractivity contribution < 1.29 is 9.53 Å². The van der Waals surface area contributed by atoms with Gasteiger partial charge in [-0.25, -0.2) is 4.98 Å². The van der Waals surface area contributed by atoms with Crippen LogP contribution < -0.4 is 10.1 Å². The molecule has 1 fully saturated rings. The van der Waals surface area contributed by atoms with Gasteiger partial charge in [-0.3, -0.25) is 9.69 Å². The summed E-state index contributed by atoms with van der Waals surface area (Å²) in [6.45, 7) is 3.96. The van der Waals surface area contributed by atoms with Crippen LogP contribution in [-0.4, -0.2) is 41.5 Å². The van der Waals surface area contributed by atoms with E-state index in [1.54, 1.807) is 24.3 Å². The lowest BCUT2D eigenvalue weighted by atomic mass is 9.97. The SMILES string of the molecule is CCOc1ccc(C(c2ccc(C#N)cc2)N2CC[C@@H](NC(=O)c3ccc(C#N)cc3)C2)cn1. The Morgan fingerprint density at radius 3 is 2.29 bits per heavy atom. The fourth-order valence-corrected chi connectivity index (χ4v) is 4.25. The predicted octanol–water partition coefficient (Wildman–Crippen LogP) is 3.82. The number of hydrogen-bond donors (Lipinski definition) is 1. The van der Waals surface area contributed by atoms with Crippen LogP contribution in [0, 0.1) is 22.7 Å². The molecule has 3 aromatic rings. The van der Waals surface area contributed by atoms with Crippen molar-refractivity contribution >= 4 is 5.91 Å². The number of nitrogens with one attached hydrogen (secondary N) is 1. The molecular formula is C27H25N5O2. The molecule has 170 valence electrons. The van der Waals surface area contributed by atoms with Gasteiger partial charge in [0.25, 0.3) is 5.91 Å². The molecule has 34 heavy (non-hydrogen) atoms. The molecule has 0 radical (unpaired) electrons. The zero-order valence-corrected chi connectivity index (χ0v) is 18.9. The summed E-state index contributed by atoms with van der Waals surface area (Å²) in [6, 6.07) is 22.3. The van der Waals surface area contributed by atoms with E-state index in [2.05, 4.69) is 27.3 Å². The summed E-state index contributed by atoms with van der Waals surface area (Å²) in [6.07, 6.45) is 2.65. The van der Waals surface area contributed by atoms with Crippen molar-refractivity contribution in [2.45, 2.75) is 25.4 Å². The summed E-state index contributed by atoms with van der Waals surface area (Å²) >= 11 is 0. The molecule has 1 N–H and O–H groups in total. The Morgan fingerprint density at radius 1 is 1.06 bits per heavy atom. The van der Waals surface area contributed by atoms with Crippen molar-refractivity contribution in [3.63, 3.8) is 0 Å². The molecule has 1 aromatic heterocycles. The molecule has 0 bridgehead atoms. The highest BCUT2D eigenvalue weighted by molar-refractivity contribution is 5.94. The molecule has 7 nitrogen and oxygen atoms in total. The summed E-state index contributed by atoms with van der Waals surface area (Å²) in [5.41, 5.74) is 3.76. The quantitative estimate of drug-likeness (QED) is 0.586. The van der Waals surface area contributed by atoms with Gasteiger partial charge in [0, 0.05) is 37.0 Å². The molecule has 2 atom stereocenters. The topological polar surface area (TPSA) is 102 Å². The number of rotatable bonds is 7. The number of nitrogens with zero attached hydrogens (tertiary/aromatic N) is 4. The molecule has 1 aliphatic heterocycles. The number of carbonyl (C=O) groups is 1. The molecule has 2 heterocycles. The first kappa shape index (κ1) is 23.0. The maximum Gasteiger partial charge on any atom is 0.251 e. The van der Waals surface area contributed by atoms with Crippen LogP contribution in [0.15, 0.2) is 66.9 Å². The van der Waals surface area contributed by atoms with Crippen LogP contribution in [0.5, 0.6) is 5.88 Å². The maximum absolute atomic E-state index is 12.7. The Kier molecular flexibility index (Phi) is 7.17. The van der Waals surface area contributed by atoms with Crippen LogP contribution >= 0.6 is 0 Å². The van der Waals surface area contributed by atoms with Gasteiger partial charge < -0.3 is 10.1 Å². The number of amides is 1. The van der Waals surface area contributed by atoms with E-state index in [9.17, 15) is 10.1 Å². The highest BCUT2D eigenvalue weighted by atomic mass is 16.5. The van der Waals surface area contributed by atoms with Crippen molar-refractivity contribution in [2.24, 2.45) is 0 Å². The molecule has 1 unspecified atom stereocenters. The van der Waals surface area contributed by atoms with E-state index in [0.29, 0.717) is 35.7 Å². The summed E-state index contributed by atoms with van der Waals surface area (Å²) < 4.78 is 5.49. The molecule has 1 amide bonds. The molecule has 2 aromatic carbocycles. The van der Waals surface area contributed by atoms with Gasteiger partial charge in [-0.15, -0.1) is 0 Å². The lowest BCUT2D eigenvalue weighted by Gasteiger charge is -2.29. The Bertz CT molecular complexity index is 1210. The van der Waals surface area contributed by atoms with Crippen molar-refractivity contribution in [3.8, 4) is 18.0 Å². The van der Waals surface area contributed by atoms with Gasteiger partial charge in [-0.05, 0) is 60.9 Å². The minimum Gasteiger partial charge on any atom is -0.478 e. The highest BCUT2D eigenvalue weighted by Crippen LogP contribution is 2.32. The zero-order valence-electron chi connectivity index (χ0n) is 18.9. The minimum absolute atomic E-state index is 0.000294. The van der Waals surface area contributed by atoms with Gasteiger partial charge in [-0.1, -0.05) is 18.2 Å². The third-order valence-corrected chi connectivity index (χ3v) is 5.92. The van der Waals surface area contributed by atoms with Gasteiger partial charge in [-0.2, -0.15) is 10.5 Å². The van der Waals surface area contributed by atoms with Gasteiger partial charge >= 0.3 is 0 Å². The average molecular weight is 452 g/mol. The van der Waals surface area contributed by atoms with Crippen LogP contribution in [0.2, 0.25) is 0 Å². The molecule has 1 aliphatic rings. The Labute approximate surface area is 199 Å². The van der Waals surface area contributed by atoms with Crippen LogP contribution in [0.4, 0.5) is 0 Å². The maximum atomic E-state index is 12.7. The molecule has 0 aliphatic carbocycles. The monoisotopic (exact) mass is 451 g/mol. The number of hydrogen-bond acceptors (Lipinski definition) is 6. The minimum atomic E-state index is -0.144. The van der Waals surface area contributed by atoms with Gasteiger partial charge in [0.05, 0.1) is 35.9 Å². The number of aromatic nitrogens is 1. The fraction of sp³-hybridized carbons (Fsp3) is 0.259. The summed E-state index contributed by atoms with van der Waals surface area (Å²) in [5, 5.41) is 21.3. The third-order valence-electron chi connectivity index (χ3n) is 5.92. The second-order valence-corrected chi connectivity index (χ2v) is 8.14. The molecule has 4 rings (SSSR count). The van der Waals surface area contributed by atoms with Gasteiger partial charge in [0.15, 0.2) is 0 Å². The Balaban J connectivity index is 1.52. The third kappa shape index (κ3) is 5.23. The number of carbonyl (C=O) groups excluding carboxylic acids is 1. The van der Waals surface area contributed by atoms with Crippen molar-refractivity contribution in [2.75, 3.05) is 19.7 Å².